The Balaban J connectivity index is 2.07. The summed E-state index contributed by atoms with van der Waals surface area (Å²) in [4.78, 5) is 13.1. The molecule has 1 rings (SSSR count). The molecule has 0 aromatic rings. The van der Waals surface area contributed by atoms with E-state index in [0.717, 1.165) is 89.9 Å². The Morgan fingerprint density at radius 3 is 1.16 bits per heavy atom. The molecule has 1 aliphatic heterocycles. The molecular formula is C70H123NO8. The van der Waals surface area contributed by atoms with Gasteiger partial charge < -0.3 is 40.3 Å². The average Bonchev–Trinajstić information content (AvgIpc) is 3.46. The summed E-state index contributed by atoms with van der Waals surface area (Å²) in [5, 5.41) is 54.7. The van der Waals surface area contributed by atoms with Crippen molar-refractivity contribution in [2.75, 3.05) is 13.2 Å². The summed E-state index contributed by atoms with van der Waals surface area (Å²) in [6.07, 6.45) is 77.5. The molecule has 6 N–H and O–H groups in total. The Morgan fingerprint density at radius 1 is 0.443 bits per heavy atom. The van der Waals surface area contributed by atoms with E-state index in [2.05, 4.69) is 116 Å². The van der Waals surface area contributed by atoms with Gasteiger partial charge in [0, 0.05) is 6.42 Å². The van der Waals surface area contributed by atoms with E-state index in [1.165, 1.54) is 167 Å². The number of unbranched alkanes of at least 4 members (excludes halogenated alkanes) is 30. The highest BCUT2D eigenvalue weighted by Gasteiger charge is 2.44. The van der Waals surface area contributed by atoms with Crippen molar-refractivity contribution in [2.45, 2.75) is 326 Å². The minimum Gasteiger partial charge on any atom is -0.394 e. The van der Waals surface area contributed by atoms with E-state index in [0.29, 0.717) is 12.8 Å². The number of aliphatic hydroxyl groups is 5. The number of carbonyl (C=O) groups excluding carboxylic acids is 1. The second kappa shape index (κ2) is 58.3. The summed E-state index contributed by atoms with van der Waals surface area (Å²) in [5.41, 5.74) is 0. The summed E-state index contributed by atoms with van der Waals surface area (Å²) in [6, 6.07) is -0.722. The number of carbonyl (C=O) groups is 1. The van der Waals surface area contributed by atoms with E-state index in [-0.39, 0.29) is 12.5 Å². The minimum absolute atomic E-state index is 0.139. The predicted molar refractivity (Wildman–Crippen MR) is 336 cm³/mol. The van der Waals surface area contributed by atoms with Crippen LogP contribution in [0.3, 0.4) is 0 Å². The van der Waals surface area contributed by atoms with Gasteiger partial charge in [0.2, 0.25) is 5.91 Å². The van der Waals surface area contributed by atoms with E-state index in [4.69, 9.17) is 9.47 Å². The number of aliphatic hydroxyl groups excluding tert-OH is 5. The third kappa shape index (κ3) is 47.3. The zero-order valence-electron chi connectivity index (χ0n) is 50.9. The van der Waals surface area contributed by atoms with Crippen molar-refractivity contribution in [1.29, 1.82) is 0 Å². The Bertz CT molecular complexity index is 1560. The summed E-state index contributed by atoms with van der Waals surface area (Å²) in [6.45, 7) is 3.74. The second-order valence-corrected chi connectivity index (χ2v) is 22.5. The number of hydrogen-bond donors (Lipinski definition) is 6. The van der Waals surface area contributed by atoms with Crippen molar-refractivity contribution in [2.24, 2.45) is 0 Å². The molecule has 0 spiro atoms. The maximum absolute atomic E-state index is 13.1. The van der Waals surface area contributed by atoms with Gasteiger partial charge in [-0.2, -0.15) is 0 Å². The number of ether oxygens (including phenoxy) is 2. The second-order valence-electron chi connectivity index (χ2n) is 22.5. The van der Waals surface area contributed by atoms with E-state index in [1.807, 2.05) is 0 Å². The fourth-order valence-corrected chi connectivity index (χ4v) is 10.1. The predicted octanol–water partition coefficient (Wildman–Crippen LogP) is 17.5. The molecule has 7 unspecified atom stereocenters. The van der Waals surface area contributed by atoms with Crippen molar-refractivity contribution < 1.29 is 39.8 Å². The Hall–Kier alpha value is -2.89. The van der Waals surface area contributed by atoms with E-state index < -0.39 is 49.5 Å². The van der Waals surface area contributed by atoms with Crippen molar-refractivity contribution in [3.05, 3.63) is 97.2 Å². The molecule has 0 aromatic heterocycles. The average molecular weight is 1110 g/mol. The molecule has 9 heteroatoms. The van der Waals surface area contributed by atoms with Gasteiger partial charge in [0.15, 0.2) is 6.29 Å². The largest absolute Gasteiger partial charge is 0.394 e. The molecule has 1 heterocycles. The highest BCUT2D eigenvalue weighted by atomic mass is 16.7. The molecule has 7 atom stereocenters. The smallest absolute Gasteiger partial charge is 0.220 e. The van der Waals surface area contributed by atoms with E-state index in [9.17, 15) is 30.3 Å². The molecule has 1 aliphatic rings. The SMILES string of the molecule is CC/C=C\C/C=C\C/C=C\C/C=C\C/C=C\C/C=C\C/C=C\C/C=C\CCCCCCCCCCCCCCCCCCC(=O)NC(COC1OC(CO)C(O)C(O)C1O)C(O)CCCCCCCCCCCCCCCCC. The molecule has 0 aliphatic carbocycles. The Morgan fingerprint density at radius 2 is 0.785 bits per heavy atom. The van der Waals surface area contributed by atoms with Crippen LogP contribution in [-0.2, 0) is 14.3 Å². The lowest BCUT2D eigenvalue weighted by Gasteiger charge is -2.40. The summed E-state index contributed by atoms with van der Waals surface area (Å²) >= 11 is 0. The minimum atomic E-state index is -1.56. The first kappa shape index (κ1) is 74.1. The zero-order valence-corrected chi connectivity index (χ0v) is 50.9. The molecule has 0 radical (unpaired) electrons. The summed E-state index contributed by atoms with van der Waals surface area (Å²) in [7, 11) is 0. The van der Waals surface area contributed by atoms with Gasteiger partial charge >= 0.3 is 0 Å². The highest BCUT2D eigenvalue weighted by Crippen LogP contribution is 2.23. The molecular weight excluding hydrogens is 983 g/mol. The first-order valence-corrected chi connectivity index (χ1v) is 32.9. The van der Waals surface area contributed by atoms with Crippen LogP contribution in [0.15, 0.2) is 97.2 Å². The first-order chi connectivity index (χ1) is 38.8. The van der Waals surface area contributed by atoms with Crippen LogP contribution in [0.1, 0.15) is 284 Å². The molecule has 0 bridgehead atoms. The van der Waals surface area contributed by atoms with Crippen LogP contribution in [0, 0.1) is 0 Å². The van der Waals surface area contributed by atoms with Gasteiger partial charge in [0.05, 0.1) is 25.4 Å². The molecule has 456 valence electrons. The van der Waals surface area contributed by atoms with Crippen LogP contribution in [-0.4, -0.2) is 87.5 Å². The quantitative estimate of drug-likeness (QED) is 0.0261. The van der Waals surface area contributed by atoms with Crippen LogP contribution in [0.5, 0.6) is 0 Å². The van der Waals surface area contributed by atoms with Crippen molar-refractivity contribution >= 4 is 5.91 Å². The lowest BCUT2D eigenvalue weighted by molar-refractivity contribution is -0.302. The fraction of sp³-hybridized carbons (Fsp3) is 0.757. The molecule has 1 amide bonds. The topological polar surface area (TPSA) is 149 Å². The summed E-state index contributed by atoms with van der Waals surface area (Å²) in [5.74, 6) is -0.144. The zero-order chi connectivity index (χ0) is 57.2. The first-order valence-electron chi connectivity index (χ1n) is 32.9. The number of nitrogens with one attached hydrogen (secondary N) is 1. The number of amides is 1. The van der Waals surface area contributed by atoms with Crippen LogP contribution in [0.4, 0.5) is 0 Å². The molecule has 79 heavy (non-hydrogen) atoms. The lowest BCUT2D eigenvalue weighted by Crippen LogP contribution is -2.60. The van der Waals surface area contributed by atoms with Gasteiger partial charge in [0.1, 0.15) is 24.4 Å². The van der Waals surface area contributed by atoms with Crippen LogP contribution in [0.25, 0.3) is 0 Å². The van der Waals surface area contributed by atoms with Crippen LogP contribution < -0.4 is 5.32 Å². The van der Waals surface area contributed by atoms with Gasteiger partial charge in [-0.05, 0) is 77.0 Å². The molecule has 0 saturated carbocycles. The maximum Gasteiger partial charge on any atom is 0.220 e. The van der Waals surface area contributed by atoms with Crippen LogP contribution >= 0.6 is 0 Å². The number of rotatable bonds is 56. The van der Waals surface area contributed by atoms with Gasteiger partial charge in [-0.1, -0.05) is 297 Å². The van der Waals surface area contributed by atoms with Crippen molar-refractivity contribution in [1.82, 2.24) is 5.32 Å². The van der Waals surface area contributed by atoms with Gasteiger partial charge in [-0.25, -0.2) is 0 Å². The standard InChI is InChI=1S/C70H123NO8/c1-3-5-7-9-11-13-15-17-19-20-21-22-23-24-25-26-27-28-29-30-31-32-33-34-35-36-37-38-39-40-41-42-43-44-46-48-50-52-54-56-58-60-66(74)71-63(62-78-70-69(77)68(76)67(75)65(61-72)79-70)64(73)59-57-55-53-51-49-47-45-18-16-14-12-10-8-6-4-2/h5,7,11,13,17,19,21-22,24-25,27-28,30-31,33-34,63-65,67-70,72-73,75-77H,3-4,6,8-10,12,14-16,18,20,23,26,29,32,35-62H2,1-2H3,(H,71,74)/b7-5-,13-11-,19-17-,22-21-,25-24-,28-27-,31-30-,34-33-. The third-order valence-corrected chi connectivity index (χ3v) is 15.2. The molecule has 1 saturated heterocycles. The highest BCUT2D eigenvalue weighted by molar-refractivity contribution is 5.76. The Kier molecular flexibility index (Phi) is 54.7. The van der Waals surface area contributed by atoms with E-state index in [1.54, 1.807) is 0 Å². The van der Waals surface area contributed by atoms with Gasteiger partial charge in [-0.15, -0.1) is 0 Å². The molecule has 9 nitrogen and oxygen atoms in total. The van der Waals surface area contributed by atoms with Crippen molar-refractivity contribution in [3.63, 3.8) is 0 Å². The fourth-order valence-electron chi connectivity index (χ4n) is 10.1. The number of hydrogen-bond acceptors (Lipinski definition) is 8. The molecule has 1 fully saturated rings. The maximum atomic E-state index is 13.1. The van der Waals surface area contributed by atoms with Crippen LogP contribution in [0.2, 0.25) is 0 Å². The van der Waals surface area contributed by atoms with E-state index >= 15 is 0 Å². The monoisotopic (exact) mass is 1110 g/mol. The number of allylic oxidation sites excluding steroid dienone is 16. The third-order valence-electron chi connectivity index (χ3n) is 15.2. The normalized spacial score (nSPS) is 19.2. The molecule has 0 aromatic carbocycles. The van der Waals surface area contributed by atoms with Gasteiger partial charge in [0.25, 0.3) is 0 Å². The lowest BCUT2D eigenvalue weighted by atomic mass is 9.99. The summed E-state index contributed by atoms with van der Waals surface area (Å²) < 4.78 is 11.3. The Labute approximate surface area is 485 Å². The van der Waals surface area contributed by atoms with Crippen molar-refractivity contribution in [3.8, 4) is 0 Å². The van der Waals surface area contributed by atoms with Gasteiger partial charge in [-0.3, -0.25) is 4.79 Å².